The maximum atomic E-state index is 12.6. The highest BCUT2D eigenvalue weighted by Gasteiger charge is 2.24. The molecule has 0 bridgehead atoms. The molecular formula is C18H20ClN3O6S. The summed E-state index contributed by atoms with van der Waals surface area (Å²) in [5, 5.41) is 13.6. The second-order valence-corrected chi connectivity index (χ2v) is 8.19. The number of carbonyl (C=O) groups is 1. The summed E-state index contributed by atoms with van der Waals surface area (Å²) in [6.45, 7) is 4.99. The molecule has 0 fully saturated rings. The van der Waals surface area contributed by atoms with Crippen molar-refractivity contribution in [3.63, 3.8) is 0 Å². The predicted octanol–water partition coefficient (Wildman–Crippen LogP) is 3.26. The molecule has 0 radical (unpaired) electrons. The van der Waals surface area contributed by atoms with Gasteiger partial charge in [-0.05, 0) is 45.0 Å². The average molecular weight is 442 g/mol. The molecule has 2 aromatic rings. The van der Waals surface area contributed by atoms with E-state index in [1.807, 2.05) is 0 Å². The zero-order chi connectivity index (χ0) is 21.8. The molecule has 11 heteroatoms. The fourth-order valence-corrected chi connectivity index (χ4v) is 4.00. The van der Waals surface area contributed by atoms with Gasteiger partial charge in [0.05, 0.1) is 38.7 Å². The second-order valence-electron chi connectivity index (χ2n) is 6.06. The molecule has 1 atom stereocenters. The number of sulfonamides is 1. The lowest BCUT2D eigenvalue weighted by Gasteiger charge is -2.16. The number of halogens is 1. The molecule has 0 aliphatic rings. The first-order valence-electron chi connectivity index (χ1n) is 8.56. The highest BCUT2D eigenvalue weighted by molar-refractivity contribution is 7.89. The van der Waals surface area contributed by atoms with Crippen LogP contribution in [-0.4, -0.2) is 31.9 Å². The van der Waals surface area contributed by atoms with Crippen molar-refractivity contribution in [2.75, 3.05) is 11.9 Å². The van der Waals surface area contributed by atoms with E-state index in [9.17, 15) is 23.3 Å². The smallest absolute Gasteiger partial charge is 0.274 e. The minimum absolute atomic E-state index is 0.124. The zero-order valence-corrected chi connectivity index (χ0v) is 17.5. The molecule has 0 heterocycles. The van der Waals surface area contributed by atoms with Gasteiger partial charge in [-0.15, -0.1) is 0 Å². The molecule has 2 aromatic carbocycles. The van der Waals surface area contributed by atoms with Gasteiger partial charge in [-0.2, -0.15) is 4.72 Å². The van der Waals surface area contributed by atoms with Crippen molar-refractivity contribution >= 4 is 38.9 Å². The van der Waals surface area contributed by atoms with E-state index in [0.717, 1.165) is 0 Å². The summed E-state index contributed by atoms with van der Waals surface area (Å²) in [7, 11) is -4.04. The van der Waals surface area contributed by atoms with Gasteiger partial charge in [0.15, 0.2) is 0 Å². The van der Waals surface area contributed by atoms with Crippen molar-refractivity contribution in [1.29, 1.82) is 0 Å². The van der Waals surface area contributed by atoms with E-state index in [4.69, 9.17) is 16.3 Å². The number of carbonyl (C=O) groups excluding carboxylic acids is 1. The van der Waals surface area contributed by atoms with Crippen molar-refractivity contribution in [2.45, 2.75) is 31.7 Å². The quantitative estimate of drug-likeness (QED) is 0.478. The van der Waals surface area contributed by atoms with Crippen LogP contribution in [0.1, 0.15) is 19.4 Å². The Morgan fingerprint density at radius 1 is 1.31 bits per heavy atom. The standard InChI is InChI=1S/C18H20ClN3O6S/c1-4-28-17-9-8-13(10-14(17)19)29(26,27)21-12(3)18(23)20-15-6-5-7-16(11(15)2)22(24)25/h5-10,12,21H,4H2,1-3H3,(H,20,23)/t12-/m0/s1. The fraction of sp³-hybridized carbons (Fsp3) is 0.278. The number of nitro benzene ring substituents is 1. The topological polar surface area (TPSA) is 128 Å². The number of amides is 1. The Hall–Kier alpha value is -2.69. The fourth-order valence-electron chi connectivity index (χ4n) is 2.47. The molecule has 0 unspecified atom stereocenters. The molecule has 9 nitrogen and oxygen atoms in total. The first-order valence-corrected chi connectivity index (χ1v) is 10.4. The number of benzene rings is 2. The van der Waals surface area contributed by atoms with Gasteiger partial charge in [-0.3, -0.25) is 14.9 Å². The third-order valence-electron chi connectivity index (χ3n) is 4.00. The Morgan fingerprint density at radius 2 is 2.00 bits per heavy atom. The number of rotatable bonds is 8. The summed E-state index contributed by atoms with van der Waals surface area (Å²) in [5.74, 6) is -0.325. The first-order chi connectivity index (χ1) is 13.6. The lowest BCUT2D eigenvalue weighted by molar-refractivity contribution is -0.385. The normalized spacial score (nSPS) is 12.3. The molecule has 2 rings (SSSR count). The lowest BCUT2D eigenvalue weighted by atomic mass is 10.1. The Bertz CT molecular complexity index is 1040. The summed E-state index contributed by atoms with van der Waals surface area (Å²) in [6, 6.07) is 7.05. The van der Waals surface area contributed by atoms with Gasteiger partial charge < -0.3 is 10.1 Å². The maximum absolute atomic E-state index is 12.6. The van der Waals surface area contributed by atoms with Gasteiger partial charge in [-0.1, -0.05) is 17.7 Å². The Balaban J connectivity index is 2.16. The minimum Gasteiger partial charge on any atom is -0.492 e. The molecule has 156 valence electrons. The highest BCUT2D eigenvalue weighted by Crippen LogP contribution is 2.28. The van der Waals surface area contributed by atoms with Crippen molar-refractivity contribution < 1.29 is 22.9 Å². The van der Waals surface area contributed by atoms with E-state index in [2.05, 4.69) is 10.0 Å². The summed E-state index contributed by atoms with van der Waals surface area (Å²) in [6.07, 6.45) is 0. The van der Waals surface area contributed by atoms with Crippen LogP contribution >= 0.6 is 11.6 Å². The molecule has 0 saturated carbocycles. The molecular weight excluding hydrogens is 422 g/mol. The SMILES string of the molecule is CCOc1ccc(S(=O)(=O)N[C@@H](C)C(=O)Nc2cccc([N+](=O)[O-])c2C)cc1Cl. The van der Waals surface area contributed by atoms with Gasteiger partial charge in [0.1, 0.15) is 5.75 Å². The molecule has 0 saturated heterocycles. The van der Waals surface area contributed by atoms with E-state index >= 15 is 0 Å². The van der Waals surface area contributed by atoms with Gasteiger partial charge in [-0.25, -0.2) is 8.42 Å². The molecule has 2 N–H and O–H groups in total. The zero-order valence-electron chi connectivity index (χ0n) is 15.9. The van der Waals surface area contributed by atoms with E-state index < -0.39 is 26.9 Å². The van der Waals surface area contributed by atoms with Crippen LogP contribution in [0.15, 0.2) is 41.3 Å². The number of nitrogens with one attached hydrogen (secondary N) is 2. The monoisotopic (exact) mass is 441 g/mol. The number of hydrogen-bond donors (Lipinski definition) is 2. The molecule has 0 aliphatic heterocycles. The summed E-state index contributed by atoms with van der Waals surface area (Å²) < 4.78 is 32.6. The van der Waals surface area contributed by atoms with Crippen LogP contribution in [0.2, 0.25) is 5.02 Å². The van der Waals surface area contributed by atoms with Crippen molar-refractivity contribution in [3.05, 3.63) is 57.1 Å². The van der Waals surface area contributed by atoms with Gasteiger partial charge >= 0.3 is 0 Å². The number of ether oxygens (including phenoxy) is 1. The third kappa shape index (κ3) is 5.43. The molecule has 0 aliphatic carbocycles. The van der Waals surface area contributed by atoms with E-state index in [-0.39, 0.29) is 26.9 Å². The number of nitrogens with zero attached hydrogens (tertiary/aromatic N) is 1. The van der Waals surface area contributed by atoms with Gasteiger partial charge in [0.25, 0.3) is 5.69 Å². The van der Waals surface area contributed by atoms with Crippen LogP contribution in [0.4, 0.5) is 11.4 Å². The highest BCUT2D eigenvalue weighted by atomic mass is 35.5. The molecule has 1 amide bonds. The summed E-state index contributed by atoms with van der Waals surface area (Å²) in [4.78, 5) is 22.7. The van der Waals surface area contributed by atoms with Crippen LogP contribution in [0, 0.1) is 17.0 Å². The van der Waals surface area contributed by atoms with Gasteiger partial charge in [0, 0.05) is 6.07 Å². The predicted molar refractivity (Wildman–Crippen MR) is 109 cm³/mol. The van der Waals surface area contributed by atoms with Crippen molar-refractivity contribution in [3.8, 4) is 5.75 Å². The van der Waals surface area contributed by atoms with Crippen LogP contribution in [-0.2, 0) is 14.8 Å². The van der Waals surface area contributed by atoms with Crippen LogP contribution in [0.5, 0.6) is 5.75 Å². The van der Waals surface area contributed by atoms with Crippen LogP contribution in [0.3, 0.4) is 0 Å². The largest absolute Gasteiger partial charge is 0.492 e. The lowest BCUT2D eigenvalue weighted by Crippen LogP contribution is -2.41. The average Bonchev–Trinajstić information content (AvgIpc) is 2.64. The maximum Gasteiger partial charge on any atom is 0.274 e. The van der Waals surface area contributed by atoms with Crippen molar-refractivity contribution in [2.24, 2.45) is 0 Å². The summed E-state index contributed by atoms with van der Waals surface area (Å²) >= 11 is 6.03. The first kappa shape index (κ1) is 22.6. The Kier molecular flexibility index (Phi) is 7.17. The Labute approximate surface area is 173 Å². The van der Waals surface area contributed by atoms with E-state index in [1.165, 1.54) is 50.2 Å². The minimum atomic E-state index is -4.04. The number of hydrogen-bond acceptors (Lipinski definition) is 6. The van der Waals surface area contributed by atoms with Crippen molar-refractivity contribution in [1.82, 2.24) is 4.72 Å². The molecule has 0 aromatic heterocycles. The molecule has 0 spiro atoms. The van der Waals surface area contributed by atoms with E-state index in [0.29, 0.717) is 12.4 Å². The van der Waals surface area contributed by atoms with E-state index in [1.54, 1.807) is 6.92 Å². The number of nitro groups is 1. The molecule has 29 heavy (non-hydrogen) atoms. The summed E-state index contributed by atoms with van der Waals surface area (Å²) in [5.41, 5.74) is 0.332. The Morgan fingerprint density at radius 3 is 2.59 bits per heavy atom. The van der Waals surface area contributed by atoms with Crippen LogP contribution < -0.4 is 14.8 Å². The van der Waals surface area contributed by atoms with Gasteiger partial charge in [0.2, 0.25) is 15.9 Å². The third-order valence-corrected chi connectivity index (χ3v) is 5.83. The van der Waals surface area contributed by atoms with Crippen LogP contribution in [0.25, 0.3) is 0 Å². The second kappa shape index (κ2) is 9.21. The number of anilines is 1.